The van der Waals surface area contributed by atoms with Crippen LogP contribution in [0.25, 0.3) is 0 Å². The largest absolute Gasteiger partial charge is 0.490 e. The molecular weight excluding hydrogens is 257 g/mol. The molecule has 0 bridgehead atoms. The number of rotatable bonds is 7. The van der Waals surface area contributed by atoms with E-state index in [1.807, 2.05) is 0 Å². The molecule has 0 radical (unpaired) electrons. The lowest BCUT2D eigenvalue weighted by Gasteiger charge is -2.12. The Kier molecular flexibility index (Phi) is 5.78. The number of halogens is 1. The molecule has 1 aromatic rings. The van der Waals surface area contributed by atoms with Gasteiger partial charge in [-0.25, -0.2) is 4.98 Å². The van der Waals surface area contributed by atoms with Crippen LogP contribution < -0.4 is 15.8 Å². The predicted octanol–water partition coefficient (Wildman–Crippen LogP) is 1.32. The highest BCUT2D eigenvalue weighted by molar-refractivity contribution is 5.16. The molecule has 0 unspecified atom stereocenters. The number of aromatic nitrogens is 1. The Morgan fingerprint density at radius 3 is 3.05 bits per heavy atom. The SMILES string of the molecule is N[C@H](CCNCC#CC1CC1)COc1ccc(F)nc1. The summed E-state index contributed by atoms with van der Waals surface area (Å²) in [5.41, 5.74) is 5.93. The zero-order valence-electron chi connectivity index (χ0n) is 11.4. The molecule has 1 aromatic heterocycles. The fourth-order valence-corrected chi connectivity index (χ4v) is 1.60. The Balaban J connectivity index is 1.52. The first-order valence-corrected chi connectivity index (χ1v) is 6.93. The van der Waals surface area contributed by atoms with E-state index in [0.717, 1.165) is 13.0 Å². The molecule has 0 aliphatic heterocycles. The molecule has 1 fully saturated rings. The lowest BCUT2D eigenvalue weighted by Crippen LogP contribution is -2.32. The van der Waals surface area contributed by atoms with Gasteiger partial charge in [0.25, 0.3) is 0 Å². The van der Waals surface area contributed by atoms with Gasteiger partial charge in [0.15, 0.2) is 0 Å². The number of nitrogens with one attached hydrogen (secondary N) is 1. The van der Waals surface area contributed by atoms with Crippen LogP contribution >= 0.6 is 0 Å². The summed E-state index contributed by atoms with van der Waals surface area (Å²) in [6.45, 7) is 1.92. The lowest BCUT2D eigenvalue weighted by atomic mass is 10.2. The Hall–Kier alpha value is -1.64. The zero-order valence-corrected chi connectivity index (χ0v) is 11.4. The quantitative estimate of drug-likeness (QED) is 0.448. The van der Waals surface area contributed by atoms with Crippen molar-refractivity contribution in [3.63, 3.8) is 0 Å². The zero-order chi connectivity index (χ0) is 14.2. The number of pyridine rings is 1. The summed E-state index contributed by atoms with van der Waals surface area (Å²) in [6, 6.07) is 2.74. The fourth-order valence-electron chi connectivity index (χ4n) is 1.60. The Labute approximate surface area is 118 Å². The first kappa shape index (κ1) is 14.8. The molecule has 1 heterocycles. The van der Waals surface area contributed by atoms with Gasteiger partial charge in [-0.05, 0) is 37.9 Å². The monoisotopic (exact) mass is 277 g/mol. The normalized spacial score (nSPS) is 15.3. The Morgan fingerprint density at radius 1 is 1.50 bits per heavy atom. The van der Waals surface area contributed by atoms with Crippen molar-refractivity contribution in [2.75, 3.05) is 19.7 Å². The first-order chi connectivity index (χ1) is 9.74. The van der Waals surface area contributed by atoms with Crippen LogP contribution in [0.3, 0.4) is 0 Å². The van der Waals surface area contributed by atoms with Crippen molar-refractivity contribution in [3.8, 4) is 17.6 Å². The number of nitrogens with zero attached hydrogens (tertiary/aromatic N) is 1. The van der Waals surface area contributed by atoms with Gasteiger partial charge in [0.05, 0.1) is 12.7 Å². The van der Waals surface area contributed by atoms with Crippen molar-refractivity contribution in [2.24, 2.45) is 11.7 Å². The molecule has 0 amide bonds. The van der Waals surface area contributed by atoms with E-state index in [9.17, 15) is 4.39 Å². The second-order valence-corrected chi connectivity index (χ2v) is 4.95. The molecule has 0 aromatic carbocycles. The fraction of sp³-hybridized carbons (Fsp3) is 0.533. The van der Waals surface area contributed by atoms with E-state index >= 15 is 0 Å². The maximum Gasteiger partial charge on any atom is 0.213 e. The molecule has 3 N–H and O–H groups in total. The van der Waals surface area contributed by atoms with E-state index < -0.39 is 5.95 Å². The van der Waals surface area contributed by atoms with Crippen LogP contribution in [0.2, 0.25) is 0 Å². The van der Waals surface area contributed by atoms with Gasteiger partial charge in [0.2, 0.25) is 5.95 Å². The minimum atomic E-state index is -0.516. The minimum absolute atomic E-state index is 0.0658. The number of nitrogens with two attached hydrogens (primary N) is 1. The van der Waals surface area contributed by atoms with Crippen LogP contribution in [0.1, 0.15) is 19.3 Å². The molecule has 0 spiro atoms. The van der Waals surface area contributed by atoms with Crippen molar-refractivity contribution in [1.82, 2.24) is 10.3 Å². The van der Waals surface area contributed by atoms with Crippen molar-refractivity contribution < 1.29 is 9.13 Å². The summed E-state index contributed by atoms with van der Waals surface area (Å²) in [5, 5.41) is 3.23. The van der Waals surface area contributed by atoms with Crippen molar-refractivity contribution in [2.45, 2.75) is 25.3 Å². The van der Waals surface area contributed by atoms with Crippen LogP contribution in [-0.4, -0.2) is 30.7 Å². The van der Waals surface area contributed by atoms with E-state index in [1.54, 1.807) is 6.07 Å². The molecule has 0 saturated heterocycles. The van der Waals surface area contributed by atoms with E-state index in [1.165, 1.54) is 25.1 Å². The highest BCUT2D eigenvalue weighted by atomic mass is 19.1. The molecule has 1 aliphatic rings. The molecule has 1 aliphatic carbocycles. The van der Waals surface area contributed by atoms with Crippen molar-refractivity contribution >= 4 is 0 Å². The Bertz CT molecular complexity index is 462. The van der Waals surface area contributed by atoms with Crippen molar-refractivity contribution in [1.29, 1.82) is 0 Å². The molecule has 20 heavy (non-hydrogen) atoms. The lowest BCUT2D eigenvalue weighted by molar-refractivity contribution is 0.280. The highest BCUT2D eigenvalue weighted by Crippen LogP contribution is 2.27. The van der Waals surface area contributed by atoms with E-state index in [0.29, 0.717) is 24.8 Å². The third-order valence-electron chi connectivity index (χ3n) is 2.95. The first-order valence-electron chi connectivity index (χ1n) is 6.93. The van der Waals surface area contributed by atoms with E-state index in [4.69, 9.17) is 10.5 Å². The minimum Gasteiger partial charge on any atom is -0.490 e. The second-order valence-electron chi connectivity index (χ2n) is 4.95. The molecule has 4 nitrogen and oxygen atoms in total. The highest BCUT2D eigenvalue weighted by Gasteiger charge is 2.17. The van der Waals surface area contributed by atoms with Gasteiger partial charge in [-0.1, -0.05) is 11.8 Å². The van der Waals surface area contributed by atoms with Crippen molar-refractivity contribution in [3.05, 3.63) is 24.3 Å². The third kappa shape index (κ3) is 6.00. The molecular formula is C15H20FN3O. The van der Waals surface area contributed by atoms with Crippen LogP contribution in [0, 0.1) is 23.7 Å². The third-order valence-corrected chi connectivity index (χ3v) is 2.95. The molecule has 108 valence electrons. The number of hydrogen-bond donors (Lipinski definition) is 2. The average Bonchev–Trinajstić information content (AvgIpc) is 3.26. The van der Waals surface area contributed by atoms with Crippen LogP contribution in [-0.2, 0) is 0 Å². The van der Waals surface area contributed by atoms with Gasteiger partial charge < -0.3 is 15.8 Å². The molecule has 1 saturated carbocycles. The van der Waals surface area contributed by atoms with Crippen LogP contribution in [0.15, 0.2) is 18.3 Å². The second kappa shape index (κ2) is 7.83. The maximum atomic E-state index is 12.6. The van der Waals surface area contributed by atoms with Gasteiger partial charge in [0, 0.05) is 12.0 Å². The van der Waals surface area contributed by atoms with Gasteiger partial charge in [-0.15, -0.1) is 0 Å². The molecule has 2 rings (SSSR count). The predicted molar refractivity (Wildman–Crippen MR) is 75.7 cm³/mol. The number of hydrogen-bond acceptors (Lipinski definition) is 4. The van der Waals surface area contributed by atoms with Gasteiger partial charge >= 0.3 is 0 Å². The summed E-state index contributed by atoms with van der Waals surface area (Å²) < 4.78 is 18.0. The van der Waals surface area contributed by atoms with Gasteiger partial charge in [-0.2, -0.15) is 4.39 Å². The number of ether oxygens (including phenoxy) is 1. The maximum absolute atomic E-state index is 12.6. The van der Waals surface area contributed by atoms with Crippen LogP contribution in [0.5, 0.6) is 5.75 Å². The van der Waals surface area contributed by atoms with Gasteiger partial charge in [-0.3, -0.25) is 0 Å². The smallest absolute Gasteiger partial charge is 0.213 e. The Morgan fingerprint density at radius 2 is 2.35 bits per heavy atom. The summed E-state index contributed by atoms with van der Waals surface area (Å²) >= 11 is 0. The molecule has 1 atom stereocenters. The van der Waals surface area contributed by atoms with E-state index in [2.05, 4.69) is 22.1 Å². The van der Waals surface area contributed by atoms with Crippen LogP contribution in [0.4, 0.5) is 4.39 Å². The standard InChI is InChI=1S/C15H20FN3O/c16-15-6-5-14(10-19-15)20-11-13(17)7-9-18-8-1-2-12-3-4-12/h5-6,10,12-13,18H,3-4,7-9,11,17H2/t13-/m1/s1. The topological polar surface area (TPSA) is 60.2 Å². The summed E-state index contributed by atoms with van der Waals surface area (Å²) in [5.74, 6) is 6.96. The molecule has 5 heteroatoms. The van der Waals surface area contributed by atoms with Gasteiger partial charge in [0.1, 0.15) is 12.4 Å². The summed E-state index contributed by atoms with van der Waals surface area (Å²) in [4.78, 5) is 3.51. The van der Waals surface area contributed by atoms with E-state index in [-0.39, 0.29) is 6.04 Å². The summed E-state index contributed by atoms with van der Waals surface area (Å²) in [6.07, 6.45) is 4.68. The summed E-state index contributed by atoms with van der Waals surface area (Å²) in [7, 11) is 0. The average molecular weight is 277 g/mol.